The number of fused-ring (bicyclic) bond motifs is 2. The molecule has 0 saturated heterocycles. The fourth-order valence-corrected chi connectivity index (χ4v) is 3.66. The number of rotatable bonds is 3. The summed E-state index contributed by atoms with van der Waals surface area (Å²) in [6, 6.07) is 14.6. The standard InChI is InChI=1S/C20H21N3O.2H2/c1-13(16-8-4-6-14-5-2-3-7-17(14)16)23-20(24)15-9-10-18-19(11-15)22-12-21-18;;/h2-8,12-13,15H,9-11H2,1H3,(H,21,22)(H,23,24);2*1H/t13-,15?;;/m0../s1. The molecule has 4 rings (SSSR count). The third-order valence-corrected chi connectivity index (χ3v) is 5.01. The Hall–Kier alpha value is -2.62. The van der Waals surface area contributed by atoms with Gasteiger partial charge in [-0.3, -0.25) is 4.79 Å². The smallest absolute Gasteiger partial charge is 0.223 e. The number of amides is 1. The highest BCUT2D eigenvalue weighted by molar-refractivity contribution is 5.87. The zero-order valence-electron chi connectivity index (χ0n) is 13.8. The second-order valence-electron chi connectivity index (χ2n) is 6.57. The van der Waals surface area contributed by atoms with Gasteiger partial charge in [-0.1, -0.05) is 42.5 Å². The van der Waals surface area contributed by atoms with Gasteiger partial charge in [-0.25, -0.2) is 4.98 Å². The van der Waals surface area contributed by atoms with Crippen molar-refractivity contribution in [2.45, 2.75) is 32.2 Å². The molecule has 0 bridgehead atoms. The lowest BCUT2D eigenvalue weighted by Gasteiger charge is -2.24. The molecule has 4 nitrogen and oxygen atoms in total. The van der Waals surface area contributed by atoms with Crippen molar-refractivity contribution in [2.75, 3.05) is 0 Å². The van der Waals surface area contributed by atoms with Crippen molar-refractivity contribution >= 4 is 16.7 Å². The number of carbonyl (C=O) groups excluding carboxylic acids is 1. The quantitative estimate of drug-likeness (QED) is 0.764. The molecule has 4 heteroatoms. The van der Waals surface area contributed by atoms with E-state index in [1.54, 1.807) is 6.33 Å². The number of hydrogen-bond donors (Lipinski definition) is 2. The van der Waals surface area contributed by atoms with E-state index in [2.05, 4.69) is 52.5 Å². The number of aromatic nitrogens is 2. The lowest BCUT2D eigenvalue weighted by Crippen LogP contribution is -2.35. The van der Waals surface area contributed by atoms with Gasteiger partial charge in [0.25, 0.3) is 0 Å². The van der Waals surface area contributed by atoms with Crippen LogP contribution in [0.1, 0.15) is 39.2 Å². The number of aromatic amines is 1. The summed E-state index contributed by atoms with van der Waals surface area (Å²) >= 11 is 0. The molecule has 2 aromatic carbocycles. The molecule has 126 valence electrons. The van der Waals surface area contributed by atoms with Crippen molar-refractivity contribution in [1.29, 1.82) is 0 Å². The SMILES string of the molecule is C[C@H](NC(=O)C1CCc2nc[nH]c2C1)c1cccc2ccccc12.[HH].[HH]. The lowest BCUT2D eigenvalue weighted by molar-refractivity contribution is -0.126. The average Bonchev–Trinajstić information content (AvgIpc) is 3.08. The van der Waals surface area contributed by atoms with E-state index in [9.17, 15) is 4.79 Å². The molecule has 2 atom stereocenters. The molecule has 0 radical (unpaired) electrons. The third kappa shape index (κ3) is 2.68. The molecule has 0 fully saturated rings. The van der Waals surface area contributed by atoms with Crippen molar-refractivity contribution < 1.29 is 7.65 Å². The minimum absolute atomic E-state index is 0. The summed E-state index contributed by atoms with van der Waals surface area (Å²) in [5.74, 6) is 0.158. The molecule has 0 spiro atoms. The lowest BCUT2D eigenvalue weighted by atomic mass is 9.88. The van der Waals surface area contributed by atoms with Gasteiger partial charge in [-0.15, -0.1) is 0 Å². The zero-order chi connectivity index (χ0) is 16.5. The second-order valence-corrected chi connectivity index (χ2v) is 6.57. The van der Waals surface area contributed by atoms with E-state index < -0.39 is 0 Å². The molecule has 1 amide bonds. The van der Waals surface area contributed by atoms with Crippen LogP contribution in [0.5, 0.6) is 0 Å². The van der Waals surface area contributed by atoms with E-state index >= 15 is 0 Å². The number of nitrogens with zero attached hydrogens (tertiary/aromatic N) is 1. The Morgan fingerprint density at radius 2 is 2.12 bits per heavy atom. The molecule has 1 heterocycles. The Bertz CT molecular complexity index is 888. The van der Waals surface area contributed by atoms with Crippen LogP contribution in [0, 0.1) is 5.92 Å². The summed E-state index contributed by atoms with van der Waals surface area (Å²) in [4.78, 5) is 20.2. The van der Waals surface area contributed by atoms with Gasteiger partial charge in [-0.05, 0) is 36.1 Å². The maximum atomic E-state index is 12.7. The van der Waals surface area contributed by atoms with E-state index in [0.717, 1.165) is 30.7 Å². The molecule has 2 N–H and O–H groups in total. The van der Waals surface area contributed by atoms with Crippen LogP contribution >= 0.6 is 0 Å². The Kier molecular flexibility index (Phi) is 3.81. The maximum Gasteiger partial charge on any atom is 0.223 e. The van der Waals surface area contributed by atoms with Crippen molar-refractivity contribution in [3.05, 3.63) is 65.7 Å². The second kappa shape index (κ2) is 6.11. The first kappa shape index (κ1) is 14.9. The van der Waals surface area contributed by atoms with Gasteiger partial charge < -0.3 is 10.3 Å². The van der Waals surface area contributed by atoms with Crippen LogP contribution in [-0.2, 0) is 17.6 Å². The molecule has 1 aliphatic rings. The summed E-state index contributed by atoms with van der Waals surface area (Å²) in [5.41, 5.74) is 3.39. The van der Waals surface area contributed by atoms with Crippen LogP contribution in [0.15, 0.2) is 48.8 Å². The van der Waals surface area contributed by atoms with Crippen molar-refractivity contribution in [3.63, 3.8) is 0 Å². The first-order valence-corrected chi connectivity index (χ1v) is 8.51. The average molecular weight is 323 g/mol. The highest BCUT2D eigenvalue weighted by atomic mass is 16.1. The number of hydrogen-bond acceptors (Lipinski definition) is 2. The van der Waals surface area contributed by atoms with Gasteiger partial charge in [0.15, 0.2) is 0 Å². The molecular formula is C20H25N3O. The first-order chi connectivity index (χ1) is 11.7. The molecule has 1 aliphatic carbocycles. The van der Waals surface area contributed by atoms with Crippen LogP contribution in [0.4, 0.5) is 0 Å². The van der Waals surface area contributed by atoms with Crippen LogP contribution in [0.25, 0.3) is 10.8 Å². The van der Waals surface area contributed by atoms with Gasteiger partial charge in [0.2, 0.25) is 5.91 Å². The number of aryl methyl sites for hydroxylation is 1. The number of imidazole rings is 1. The number of nitrogens with one attached hydrogen (secondary N) is 2. The van der Waals surface area contributed by atoms with E-state index in [1.165, 1.54) is 16.3 Å². The monoisotopic (exact) mass is 323 g/mol. The van der Waals surface area contributed by atoms with Crippen LogP contribution in [-0.4, -0.2) is 15.9 Å². The summed E-state index contributed by atoms with van der Waals surface area (Å²) in [7, 11) is 0. The number of carbonyl (C=O) groups is 1. The Labute approximate surface area is 144 Å². The van der Waals surface area contributed by atoms with E-state index in [4.69, 9.17) is 0 Å². The van der Waals surface area contributed by atoms with E-state index in [1.807, 2.05) is 12.1 Å². The summed E-state index contributed by atoms with van der Waals surface area (Å²) in [5, 5.41) is 5.61. The van der Waals surface area contributed by atoms with Gasteiger partial charge in [0.1, 0.15) is 0 Å². The number of benzene rings is 2. The first-order valence-electron chi connectivity index (χ1n) is 8.51. The normalized spacial score (nSPS) is 18.1. The molecule has 0 aliphatic heterocycles. The summed E-state index contributed by atoms with van der Waals surface area (Å²) in [6.07, 6.45) is 4.22. The van der Waals surface area contributed by atoms with Gasteiger partial charge >= 0.3 is 0 Å². The van der Waals surface area contributed by atoms with Gasteiger partial charge in [-0.2, -0.15) is 0 Å². The fourth-order valence-electron chi connectivity index (χ4n) is 3.66. The van der Waals surface area contributed by atoms with Crippen molar-refractivity contribution in [3.8, 4) is 0 Å². The topological polar surface area (TPSA) is 57.8 Å². The fraction of sp³-hybridized carbons (Fsp3) is 0.300. The summed E-state index contributed by atoms with van der Waals surface area (Å²) < 4.78 is 0. The Morgan fingerprint density at radius 3 is 3.04 bits per heavy atom. The maximum absolute atomic E-state index is 12.7. The molecule has 0 saturated carbocycles. The van der Waals surface area contributed by atoms with Gasteiger partial charge in [0.05, 0.1) is 18.1 Å². The van der Waals surface area contributed by atoms with Crippen molar-refractivity contribution in [1.82, 2.24) is 15.3 Å². The number of H-pyrrole nitrogens is 1. The molecule has 1 aromatic heterocycles. The Balaban J connectivity index is 0.00000121. The minimum atomic E-state index is -0.00763. The van der Waals surface area contributed by atoms with Gasteiger partial charge in [0, 0.05) is 20.9 Å². The van der Waals surface area contributed by atoms with E-state index in [-0.39, 0.29) is 20.7 Å². The highest BCUT2D eigenvalue weighted by Gasteiger charge is 2.27. The predicted molar refractivity (Wildman–Crippen MR) is 98.8 cm³/mol. The molecule has 1 unspecified atom stereocenters. The minimum Gasteiger partial charge on any atom is -0.349 e. The Morgan fingerprint density at radius 1 is 1.29 bits per heavy atom. The third-order valence-electron chi connectivity index (χ3n) is 5.01. The van der Waals surface area contributed by atoms with Crippen LogP contribution in [0.2, 0.25) is 0 Å². The molecule has 3 aromatic rings. The molecular weight excluding hydrogens is 298 g/mol. The van der Waals surface area contributed by atoms with E-state index in [0.29, 0.717) is 0 Å². The zero-order valence-corrected chi connectivity index (χ0v) is 13.8. The van der Waals surface area contributed by atoms with Crippen LogP contribution in [0.3, 0.4) is 0 Å². The predicted octanol–water partition coefficient (Wildman–Crippen LogP) is 4.04. The van der Waals surface area contributed by atoms with Crippen molar-refractivity contribution in [2.24, 2.45) is 5.92 Å². The molecule has 24 heavy (non-hydrogen) atoms. The largest absolute Gasteiger partial charge is 0.349 e. The van der Waals surface area contributed by atoms with Crippen LogP contribution < -0.4 is 5.32 Å². The summed E-state index contributed by atoms with van der Waals surface area (Å²) in [6.45, 7) is 2.06. The highest BCUT2D eigenvalue weighted by Crippen LogP contribution is 2.26.